The number of allylic oxidation sites excluding steroid dienone is 1. The number of rotatable bonds is 24. The van der Waals surface area contributed by atoms with Gasteiger partial charge in [0.25, 0.3) is 0 Å². The van der Waals surface area contributed by atoms with E-state index in [9.17, 15) is 55.1 Å². The van der Waals surface area contributed by atoms with Crippen molar-refractivity contribution < 1.29 is 102 Å². The van der Waals surface area contributed by atoms with Gasteiger partial charge in [-0.25, -0.2) is 26.3 Å². The fraction of sp³-hybridized carbons (Fsp3) is 0.329. The number of carbonyl (C=O) groups excluding carboxylic acids is 6. The molecular formula is C76H74F6N6O16S. The van der Waals surface area contributed by atoms with Gasteiger partial charge in [0.2, 0.25) is 29.3 Å². The Morgan fingerprint density at radius 1 is 0.486 bits per heavy atom. The molecule has 5 aromatic heterocycles. The molecule has 3 fully saturated rings. The molecule has 3 amide bonds. The lowest BCUT2D eigenvalue weighted by Crippen LogP contribution is -2.45. The predicted molar refractivity (Wildman–Crippen MR) is 373 cm³/mol. The Morgan fingerprint density at radius 3 is 1.29 bits per heavy atom. The Morgan fingerprint density at radius 2 is 0.867 bits per heavy atom. The Hall–Kier alpha value is -10.8. The van der Waals surface area contributed by atoms with Gasteiger partial charge in [-0.2, -0.15) is 0 Å². The Kier molecular flexibility index (Phi) is 25.4. The van der Waals surface area contributed by atoms with Gasteiger partial charge in [-0.3, -0.25) is 43.7 Å². The van der Waals surface area contributed by atoms with Gasteiger partial charge < -0.3 is 63.0 Å². The first kappa shape index (κ1) is 76.9. The van der Waals surface area contributed by atoms with Crippen LogP contribution in [0.4, 0.5) is 26.3 Å². The number of furan rings is 1. The molecule has 8 aromatic rings. The van der Waals surface area contributed by atoms with Gasteiger partial charge in [-0.1, -0.05) is 19.7 Å². The summed E-state index contributed by atoms with van der Waals surface area (Å²) in [6.07, 6.45) is 13.9. The summed E-state index contributed by atoms with van der Waals surface area (Å²) < 4.78 is 141. The van der Waals surface area contributed by atoms with Crippen LogP contribution in [0.25, 0.3) is 27.1 Å². The number of methoxy groups -OCH3 is 6. The third kappa shape index (κ3) is 17.4. The van der Waals surface area contributed by atoms with Gasteiger partial charge in [0.1, 0.15) is 16.7 Å². The number of aromatic nitrogens is 3. The zero-order valence-corrected chi connectivity index (χ0v) is 58.8. The molecule has 6 atom stereocenters. The third-order valence-electron chi connectivity index (χ3n) is 18.2. The Balaban J connectivity index is 0.000000169. The lowest BCUT2D eigenvalue weighted by Gasteiger charge is -2.31. The number of pyridine rings is 3. The number of ether oxygens (including phenoxy) is 9. The van der Waals surface area contributed by atoms with Gasteiger partial charge in [-0.05, 0) is 110 Å². The quantitative estimate of drug-likeness (QED) is 0.0288. The smallest absolute Gasteiger partial charge is 0.243 e. The van der Waals surface area contributed by atoms with Gasteiger partial charge in [0.05, 0.1) is 78.3 Å². The highest BCUT2D eigenvalue weighted by atomic mass is 32.1. The highest BCUT2D eigenvalue weighted by Gasteiger charge is 2.35. The number of ketones is 3. The molecule has 0 bridgehead atoms. The van der Waals surface area contributed by atoms with Crippen molar-refractivity contribution >= 4 is 73.5 Å². The van der Waals surface area contributed by atoms with E-state index in [1.165, 1.54) is 73.2 Å². The summed E-state index contributed by atoms with van der Waals surface area (Å²) in [6.45, 7) is 13.6. The average Bonchev–Trinajstić information content (AvgIpc) is 1.77. The third-order valence-corrected chi connectivity index (χ3v) is 19.3. The minimum Gasteiger partial charge on any atom is -0.494 e. The SMILES string of the molecule is C=CC(=O)NC1CCOCC1Cc1cc2c(cn1)CC(C(=O)c1c(F)c(OC)cc(OC)c1F)=C2.C=CC(=O)NC1CCOCC1Cc1cc2cc(C(=O)c3c(F)c(OC)cc(OC)c3F)oc2cn1.C=CC(=O)NC1CCOCC1Cc1cc2cc(C(=O)c3c(F)c(OC)cc(OC)c3F)sc2cn1. The molecule has 3 aromatic carbocycles. The molecule has 1 aliphatic carbocycles. The summed E-state index contributed by atoms with van der Waals surface area (Å²) in [6, 6.07) is 11.3. The number of hydrogen-bond donors (Lipinski definition) is 3. The van der Waals surface area contributed by atoms with Crippen LogP contribution in [0.2, 0.25) is 0 Å². The Labute approximate surface area is 602 Å². The fourth-order valence-electron chi connectivity index (χ4n) is 12.7. The molecular weight excluding hydrogens is 1400 g/mol. The van der Waals surface area contributed by atoms with E-state index in [0.717, 1.165) is 57.4 Å². The molecule has 0 saturated carbocycles. The molecule has 552 valence electrons. The minimum absolute atomic E-state index is 0.0157. The second-order valence-corrected chi connectivity index (χ2v) is 25.7. The van der Waals surface area contributed by atoms with E-state index in [1.54, 1.807) is 30.6 Å². The zero-order valence-electron chi connectivity index (χ0n) is 58.0. The molecule has 29 heteroatoms. The van der Waals surface area contributed by atoms with E-state index in [-0.39, 0.29) is 116 Å². The van der Waals surface area contributed by atoms with Crippen LogP contribution in [-0.4, -0.2) is 150 Å². The summed E-state index contributed by atoms with van der Waals surface area (Å²) in [5, 5.41) is 10.1. The number of Topliss-reactive ketones (excluding diaryl/α,β-unsaturated/α-hetero) is 1. The van der Waals surface area contributed by atoms with Crippen LogP contribution in [-0.2, 0) is 54.3 Å². The van der Waals surface area contributed by atoms with E-state index in [1.807, 2.05) is 12.1 Å². The van der Waals surface area contributed by atoms with Crippen molar-refractivity contribution in [3.05, 3.63) is 201 Å². The number of benzene rings is 3. The van der Waals surface area contributed by atoms with Crippen LogP contribution in [0.1, 0.15) is 89.2 Å². The van der Waals surface area contributed by atoms with Crippen LogP contribution >= 0.6 is 11.3 Å². The summed E-state index contributed by atoms with van der Waals surface area (Å²) in [4.78, 5) is 88.1. The molecule has 22 nitrogen and oxygen atoms in total. The summed E-state index contributed by atoms with van der Waals surface area (Å²) in [7, 11) is 7.30. The monoisotopic (exact) mass is 1470 g/mol. The van der Waals surface area contributed by atoms with Crippen molar-refractivity contribution in [3.63, 3.8) is 0 Å². The minimum atomic E-state index is -1.15. The molecule has 8 heterocycles. The first-order chi connectivity index (χ1) is 50.6. The summed E-state index contributed by atoms with van der Waals surface area (Å²) >= 11 is 1.09. The maximum atomic E-state index is 14.8. The van der Waals surface area contributed by atoms with Crippen molar-refractivity contribution in [1.29, 1.82) is 0 Å². The van der Waals surface area contributed by atoms with Crippen LogP contribution in [0, 0.1) is 52.7 Å². The highest BCUT2D eigenvalue weighted by Crippen LogP contribution is 2.39. The predicted octanol–water partition coefficient (Wildman–Crippen LogP) is 11.1. The number of fused-ring (bicyclic) bond motifs is 3. The van der Waals surface area contributed by atoms with E-state index in [4.69, 9.17) is 47.0 Å². The van der Waals surface area contributed by atoms with E-state index >= 15 is 0 Å². The zero-order chi connectivity index (χ0) is 75.3. The van der Waals surface area contributed by atoms with Crippen LogP contribution in [0.5, 0.6) is 34.5 Å². The normalized spacial score (nSPS) is 18.1. The number of nitrogens with one attached hydrogen (secondary N) is 3. The first-order valence-electron chi connectivity index (χ1n) is 33.0. The summed E-state index contributed by atoms with van der Waals surface area (Å²) in [5.41, 5.74) is 1.98. The molecule has 3 saturated heterocycles. The molecule has 4 aliphatic rings. The largest absolute Gasteiger partial charge is 0.494 e. The lowest BCUT2D eigenvalue weighted by molar-refractivity contribution is -0.119. The number of halogens is 6. The van der Waals surface area contributed by atoms with Crippen molar-refractivity contribution in [3.8, 4) is 34.5 Å². The van der Waals surface area contributed by atoms with Gasteiger partial charge >= 0.3 is 0 Å². The van der Waals surface area contributed by atoms with Crippen molar-refractivity contribution in [2.24, 2.45) is 17.8 Å². The number of thiophene rings is 1. The average molecular weight is 1470 g/mol. The van der Waals surface area contributed by atoms with Crippen LogP contribution in [0.3, 0.4) is 0 Å². The lowest BCUT2D eigenvalue weighted by atomic mass is 9.90. The molecule has 105 heavy (non-hydrogen) atoms. The number of hydrogen-bond acceptors (Lipinski definition) is 20. The topological polar surface area (TPSA) is 273 Å². The molecule has 6 unspecified atom stereocenters. The van der Waals surface area contributed by atoms with Gasteiger partial charge in [-0.15, -0.1) is 11.3 Å². The number of carbonyl (C=O) groups is 6. The Bertz CT molecular complexity index is 4430. The maximum Gasteiger partial charge on any atom is 0.243 e. The van der Waals surface area contributed by atoms with E-state index in [2.05, 4.69) is 50.6 Å². The number of nitrogens with zero attached hydrogens (tertiary/aromatic N) is 3. The van der Waals surface area contributed by atoms with Crippen molar-refractivity contribution in [2.45, 2.75) is 63.1 Å². The molecule has 0 radical (unpaired) electrons. The van der Waals surface area contributed by atoms with Crippen LogP contribution < -0.4 is 44.4 Å². The molecule has 3 aliphatic heterocycles. The summed E-state index contributed by atoms with van der Waals surface area (Å²) in [5.74, 6) is -12.0. The van der Waals surface area contributed by atoms with Crippen molar-refractivity contribution in [1.82, 2.24) is 30.9 Å². The van der Waals surface area contributed by atoms with Gasteiger partial charge in [0, 0.05) is 121 Å². The van der Waals surface area contributed by atoms with Gasteiger partial charge in [0.15, 0.2) is 86.5 Å². The second kappa shape index (κ2) is 34.7. The first-order valence-corrected chi connectivity index (χ1v) is 33.8. The van der Waals surface area contributed by atoms with Crippen molar-refractivity contribution in [2.75, 3.05) is 82.3 Å². The number of amides is 3. The molecule has 3 N–H and O–H groups in total. The molecule has 12 rings (SSSR count). The van der Waals surface area contributed by atoms with E-state index in [0.29, 0.717) is 93.9 Å². The second-order valence-electron chi connectivity index (χ2n) is 24.6. The molecule has 0 spiro atoms. The van der Waals surface area contributed by atoms with E-state index < -0.39 is 68.9 Å². The highest BCUT2D eigenvalue weighted by molar-refractivity contribution is 7.21. The maximum absolute atomic E-state index is 14.8. The van der Waals surface area contributed by atoms with Crippen LogP contribution in [0.15, 0.2) is 115 Å². The standard InChI is InChI=1S/C26H26F2N2O5.C25H24F2N2O6.C25H24F2N2O5S/c1-4-22(31)30-19-5-6-35-13-17(19)10-18-9-14-7-15(8-16(14)12-29-18)26(32)23-24(27)20(33-2)11-21(34-3)25(23)28;2*1-4-21(30)29-16-5-6-34-12-14(16)8-15-7-13-9-19(35-20(13)11-28-15)25(31)22-23(26)17(32-2)10-18(33-3)24(22)27/h4,7,9,11-12,17,19H,1,5-6,8,10,13H2,2-3H3,(H,30,31);2*4,7,9-11,14,16H,1,5-6,8,12H2,2-3H3,(H,29,30). The fourth-order valence-corrected chi connectivity index (χ4v) is 13.7.